The summed E-state index contributed by atoms with van der Waals surface area (Å²) in [5.41, 5.74) is 1.22. The molecule has 1 aliphatic rings. The minimum atomic E-state index is 0.405. The van der Waals surface area contributed by atoms with Gasteiger partial charge in [0.1, 0.15) is 11.5 Å². The van der Waals surface area contributed by atoms with Crippen LogP contribution in [0.1, 0.15) is 24.8 Å². The van der Waals surface area contributed by atoms with Crippen molar-refractivity contribution in [2.24, 2.45) is 0 Å². The largest absolute Gasteiger partial charge is 0.494 e. The van der Waals surface area contributed by atoms with Crippen LogP contribution in [0, 0.1) is 6.92 Å². The Morgan fingerprint density at radius 1 is 1.28 bits per heavy atom. The summed E-state index contributed by atoms with van der Waals surface area (Å²) in [5.74, 6) is 1.35. The third-order valence-electron chi connectivity index (χ3n) is 3.29. The van der Waals surface area contributed by atoms with Crippen molar-refractivity contribution in [3.8, 4) is 5.75 Å². The van der Waals surface area contributed by atoms with Gasteiger partial charge in [-0.25, -0.2) is 0 Å². The quantitative estimate of drug-likeness (QED) is 0.748. The first-order valence-corrected chi connectivity index (χ1v) is 6.67. The Morgan fingerprint density at radius 3 is 2.78 bits per heavy atom. The molecule has 0 atom stereocenters. The van der Waals surface area contributed by atoms with Crippen molar-refractivity contribution in [1.29, 1.82) is 0 Å². The van der Waals surface area contributed by atoms with Crippen LogP contribution in [0.2, 0.25) is 0 Å². The predicted octanol–water partition coefficient (Wildman–Crippen LogP) is 2.43. The molecule has 3 nitrogen and oxygen atoms in total. The van der Waals surface area contributed by atoms with E-state index in [0.717, 1.165) is 51.3 Å². The van der Waals surface area contributed by atoms with Crippen molar-refractivity contribution in [2.45, 2.75) is 26.2 Å². The van der Waals surface area contributed by atoms with Gasteiger partial charge in [-0.2, -0.15) is 0 Å². The summed E-state index contributed by atoms with van der Waals surface area (Å²) in [6, 6.07) is 8.13. The Bertz CT molecular complexity index is 393. The third kappa shape index (κ3) is 4.15. The third-order valence-corrected chi connectivity index (χ3v) is 3.29. The first kappa shape index (κ1) is 13.1. The van der Waals surface area contributed by atoms with Gasteiger partial charge < -0.3 is 9.64 Å². The molecule has 1 heterocycles. The fraction of sp³-hybridized carbons (Fsp3) is 0.533. The highest BCUT2D eigenvalue weighted by Crippen LogP contribution is 2.13. The van der Waals surface area contributed by atoms with Gasteiger partial charge in [0.15, 0.2) is 0 Å². The highest BCUT2D eigenvalue weighted by molar-refractivity contribution is 5.79. The van der Waals surface area contributed by atoms with E-state index < -0.39 is 0 Å². The minimum Gasteiger partial charge on any atom is -0.494 e. The van der Waals surface area contributed by atoms with E-state index in [1.165, 1.54) is 5.56 Å². The van der Waals surface area contributed by atoms with Crippen LogP contribution in [0.4, 0.5) is 0 Å². The molecule has 0 saturated carbocycles. The Balaban J connectivity index is 1.63. The zero-order valence-electron chi connectivity index (χ0n) is 11.0. The van der Waals surface area contributed by atoms with Crippen molar-refractivity contribution in [1.82, 2.24) is 4.90 Å². The predicted molar refractivity (Wildman–Crippen MR) is 72.0 cm³/mol. The standard InChI is InChI=1S/C15H21NO2/c1-13-4-2-5-15(12-13)18-11-3-8-16-9-6-14(17)7-10-16/h2,4-5,12H,3,6-11H2,1H3. The number of nitrogens with zero attached hydrogens (tertiary/aromatic N) is 1. The van der Waals surface area contributed by atoms with Gasteiger partial charge in [0, 0.05) is 32.5 Å². The first-order valence-electron chi connectivity index (χ1n) is 6.67. The number of rotatable bonds is 5. The number of ether oxygens (including phenoxy) is 1. The lowest BCUT2D eigenvalue weighted by Gasteiger charge is -2.25. The zero-order valence-corrected chi connectivity index (χ0v) is 11.0. The summed E-state index contributed by atoms with van der Waals surface area (Å²) in [6.07, 6.45) is 2.46. The van der Waals surface area contributed by atoms with E-state index in [1.807, 2.05) is 12.1 Å². The molecule has 1 aromatic carbocycles. The summed E-state index contributed by atoms with van der Waals surface area (Å²) < 4.78 is 5.71. The van der Waals surface area contributed by atoms with Gasteiger partial charge in [0.2, 0.25) is 0 Å². The average molecular weight is 247 g/mol. The topological polar surface area (TPSA) is 29.5 Å². The lowest BCUT2D eigenvalue weighted by molar-refractivity contribution is -0.121. The molecule has 98 valence electrons. The number of benzene rings is 1. The SMILES string of the molecule is Cc1cccc(OCCCN2CCC(=O)CC2)c1. The highest BCUT2D eigenvalue weighted by Gasteiger charge is 2.15. The number of aryl methyl sites for hydroxylation is 1. The maximum atomic E-state index is 11.1. The van der Waals surface area contributed by atoms with Gasteiger partial charge in [-0.1, -0.05) is 12.1 Å². The van der Waals surface area contributed by atoms with Crippen molar-refractivity contribution < 1.29 is 9.53 Å². The summed E-state index contributed by atoms with van der Waals surface area (Å²) in [7, 11) is 0. The average Bonchev–Trinajstić information content (AvgIpc) is 2.37. The normalized spacial score (nSPS) is 16.8. The van der Waals surface area contributed by atoms with Crippen molar-refractivity contribution >= 4 is 5.78 Å². The van der Waals surface area contributed by atoms with E-state index in [4.69, 9.17) is 4.74 Å². The summed E-state index contributed by atoms with van der Waals surface area (Å²) in [6.45, 7) is 5.68. The lowest BCUT2D eigenvalue weighted by atomic mass is 10.1. The monoisotopic (exact) mass is 247 g/mol. The van der Waals surface area contributed by atoms with Gasteiger partial charge >= 0.3 is 0 Å². The molecular formula is C15H21NO2. The second-order valence-corrected chi connectivity index (χ2v) is 4.90. The number of likely N-dealkylation sites (tertiary alicyclic amines) is 1. The minimum absolute atomic E-state index is 0.405. The Morgan fingerprint density at radius 2 is 2.06 bits per heavy atom. The molecule has 0 radical (unpaired) electrons. The van der Waals surface area contributed by atoms with E-state index in [2.05, 4.69) is 24.0 Å². The van der Waals surface area contributed by atoms with E-state index in [-0.39, 0.29) is 0 Å². The number of Topliss-reactive ketones (excluding diaryl/α,β-unsaturated/α-hetero) is 1. The number of hydrogen-bond acceptors (Lipinski definition) is 3. The molecule has 1 fully saturated rings. The lowest BCUT2D eigenvalue weighted by Crippen LogP contribution is -2.34. The van der Waals surface area contributed by atoms with Gasteiger partial charge in [-0.05, 0) is 31.0 Å². The molecular weight excluding hydrogens is 226 g/mol. The molecule has 3 heteroatoms. The van der Waals surface area contributed by atoms with Gasteiger partial charge in [-0.3, -0.25) is 4.79 Å². The van der Waals surface area contributed by atoms with Crippen LogP contribution < -0.4 is 4.74 Å². The number of hydrogen-bond donors (Lipinski definition) is 0. The molecule has 0 aromatic heterocycles. The molecule has 18 heavy (non-hydrogen) atoms. The first-order chi connectivity index (χ1) is 8.74. The van der Waals surface area contributed by atoms with E-state index in [0.29, 0.717) is 5.78 Å². The van der Waals surface area contributed by atoms with Crippen LogP contribution in [0.15, 0.2) is 24.3 Å². The van der Waals surface area contributed by atoms with E-state index in [1.54, 1.807) is 0 Å². The molecule has 0 aliphatic carbocycles. The van der Waals surface area contributed by atoms with Crippen molar-refractivity contribution in [3.63, 3.8) is 0 Å². The van der Waals surface area contributed by atoms with Crippen molar-refractivity contribution in [3.05, 3.63) is 29.8 Å². The molecule has 1 aromatic rings. The summed E-state index contributed by atoms with van der Waals surface area (Å²) in [5, 5.41) is 0. The number of ketones is 1. The summed E-state index contributed by atoms with van der Waals surface area (Å²) in [4.78, 5) is 13.5. The maximum absolute atomic E-state index is 11.1. The van der Waals surface area contributed by atoms with E-state index in [9.17, 15) is 4.79 Å². The molecule has 0 N–H and O–H groups in total. The number of piperidine rings is 1. The number of carbonyl (C=O) groups excluding carboxylic acids is 1. The molecule has 0 amide bonds. The Labute approximate surface area is 109 Å². The second kappa shape index (κ2) is 6.55. The Kier molecular flexibility index (Phi) is 4.76. The highest BCUT2D eigenvalue weighted by atomic mass is 16.5. The molecule has 0 unspecified atom stereocenters. The van der Waals surface area contributed by atoms with Gasteiger partial charge in [0.25, 0.3) is 0 Å². The maximum Gasteiger partial charge on any atom is 0.135 e. The van der Waals surface area contributed by atoms with E-state index >= 15 is 0 Å². The molecule has 1 saturated heterocycles. The van der Waals surface area contributed by atoms with Crippen molar-refractivity contribution in [2.75, 3.05) is 26.2 Å². The van der Waals surface area contributed by atoms with Crippen LogP contribution in [0.25, 0.3) is 0 Å². The Hall–Kier alpha value is -1.35. The smallest absolute Gasteiger partial charge is 0.135 e. The van der Waals surface area contributed by atoms with Gasteiger partial charge in [-0.15, -0.1) is 0 Å². The molecule has 0 bridgehead atoms. The second-order valence-electron chi connectivity index (χ2n) is 4.90. The van der Waals surface area contributed by atoms with Gasteiger partial charge in [0.05, 0.1) is 6.61 Å². The van der Waals surface area contributed by atoms with Crippen LogP contribution in [0.5, 0.6) is 5.75 Å². The van der Waals surface area contributed by atoms with Crippen LogP contribution in [-0.4, -0.2) is 36.9 Å². The molecule has 2 rings (SSSR count). The molecule has 0 spiro atoms. The molecule has 1 aliphatic heterocycles. The fourth-order valence-electron chi connectivity index (χ4n) is 2.21. The van der Waals surface area contributed by atoms with Crippen LogP contribution >= 0.6 is 0 Å². The zero-order chi connectivity index (χ0) is 12.8. The summed E-state index contributed by atoms with van der Waals surface area (Å²) >= 11 is 0. The van der Waals surface area contributed by atoms with Crippen LogP contribution in [-0.2, 0) is 4.79 Å². The number of carbonyl (C=O) groups is 1. The fourth-order valence-corrected chi connectivity index (χ4v) is 2.21. The van der Waals surface area contributed by atoms with Crippen LogP contribution in [0.3, 0.4) is 0 Å².